The molecular weight excluding hydrogens is 144 g/mol. The largest absolute Gasteiger partial charge is 0.0622 e. The molecule has 0 saturated carbocycles. The molecule has 0 heterocycles. The fraction of sp³-hybridized carbons (Fsp3) is 0.417. The summed E-state index contributed by atoms with van der Waals surface area (Å²) in [6.45, 7) is 10.8. The maximum absolute atomic E-state index is 4.18. The van der Waals surface area contributed by atoms with Crippen molar-refractivity contribution in [1.29, 1.82) is 0 Å². The molecule has 1 atom stereocenters. The van der Waals surface area contributed by atoms with Gasteiger partial charge in [-0.05, 0) is 23.8 Å². The topological polar surface area (TPSA) is 0 Å². The predicted octanol–water partition coefficient (Wildman–Crippen LogP) is 3.65. The van der Waals surface area contributed by atoms with Crippen LogP contribution < -0.4 is 0 Å². The molecule has 1 aromatic carbocycles. The van der Waals surface area contributed by atoms with Crippen molar-refractivity contribution in [1.82, 2.24) is 0 Å². The van der Waals surface area contributed by atoms with Gasteiger partial charge in [-0.1, -0.05) is 51.1 Å². The van der Waals surface area contributed by atoms with Crippen LogP contribution in [0.15, 0.2) is 30.3 Å². The smallest absolute Gasteiger partial charge is 0.0113 e. The first kappa shape index (κ1) is 9.31. The van der Waals surface area contributed by atoms with Gasteiger partial charge in [-0.15, -0.1) is 0 Å². The number of rotatable bonds is 1. The standard InChI is InChI=1S/C12H17/c1-10(12(2,3)4)11-8-6-5-7-9-11/h5-10H,1H2,2-4H3. The molecule has 12 heavy (non-hydrogen) atoms. The highest BCUT2D eigenvalue weighted by Crippen LogP contribution is 2.33. The van der Waals surface area contributed by atoms with E-state index in [-0.39, 0.29) is 5.41 Å². The lowest BCUT2D eigenvalue weighted by Crippen LogP contribution is -2.15. The summed E-state index contributed by atoms with van der Waals surface area (Å²) in [7, 11) is 0. The van der Waals surface area contributed by atoms with Crippen LogP contribution in [0, 0.1) is 12.3 Å². The highest BCUT2D eigenvalue weighted by molar-refractivity contribution is 5.22. The van der Waals surface area contributed by atoms with E-state index in [1.165, 1.54) is 5.56 Å². The molecule has 0 aliphatic rings. The van der Waals surface area contributed by atoms with Crippen LogP contribution in [0.2, 0.25) is 0 Å². The minimum atomic E-state index is 0.251. The third kappa shape index (κ3) is 2.10. The Morgan fingerprint density at radius 1 is 1.08 bits per heavy atom. The van der Waals surface area contributed by atoms with E-state index >= 15 is 0 Å². The van der Waals surface area contributed by atoms with Crippen LogP contribution in [0.25, 0.3) is 0 Å². The maximum atomic E-state index is 4.18. The lowest BCUT2D eigenvalue weighted by molar-refractivity contribution is 0.364. The summed E-state index contributed by atoms with van der Waals surface area (Å²) < 4.78 is 0. The van der Waals surface area contributed by atoms with Crippen LogP contribution in [0.5, 0.6) is 0 Å². The maximum Gasteiger partial charge on any atom is -0.0113 e. The van der Waals surface area contributed by atoms with Gasteiger partial charge in [0.05, 0.1) is 0 Å². The molecule has 65 valence electrons. The van der Waals surface area contributed by atoms with E-state index in [2.05, 4.69) is 52.0 Å². The van der Waals surface area contributed by atoms with Crippen molar-refractivity contribution in [3.63, 3.8) is 0 Å². The first-order valence-electron chi connectivity index (χ1n) is 4.40. The predicted molar refractivity (Wildman–Crippen MR) is 54.0 cm³/mol. The van der Waals surface area contributed by atoms with Gasteiger partial charge in [0.25, 0.3) is 0 Å². The van der Waals surface area contributed by atoms with E-state index in [4.69, 9.17) is 0 Å². The molecule has 0 amide bonds. The van der Waals surface area contributed by atoms with Crippen molar-refractivity contribution >= 4 is 0 Å². The average molecular weight is 161 g/mol. The zero-order valence-corrected chi connectivity index (χ0v) is 8.17. The third-order valence-corrected chi connectivity index (χ3v) is 2.25. The van der Waals surface area contributed by atoms with Crippen LogP contribution in [-0.4, -0.2) is 0 Å². The van der Waals surface area contributed by atoms with Crippen LogP contribution in [0.1, 0.15) is 32.3 Å². The molecule has 1 aromatic rings. The third-order valence-electron chi connectivity index (χ3n) is 2.25. The molecule has 0 spiro atoms. The van der Waals surface area contributed by atoms with Crippen LogP contribution >= 0.6 is 0 Å². The van der Waals surface area contributed by atoms with Crippen molar-refractivity contribution in [2.45, 2.75) is 26.7 Å². The normalized spacial score (nSPS) is 14.3. The zero-order valence-electron chi connectivity index (χ0n) is 8.17. The Hall–Kier alpha value is -0.780. The molecule has 0 heteroatoms. The summed E-state index contributed by atoms with van der Waals surface area (Å²) in [5.74, 6) is 0.374. The summed E-state index contributed by atoms with van der Waals surface area (Å²) in [5, 5.41) is 0. The van der Waals surface area contributed by atoms with Crippen molar-refractivity contribution in [3.8, 4) is 0 Å². The fourth-order valence-electron chi connectivity index (χ4n) is 1.19. The molecule has 0 nitrogen and oxygen atoms in total. The highest BCUT2D eigenvalue weighted by Gasteiger charge is 2.20. The molecule has 0 aliphatic heterocycles. The first-order chi connectivity index (χ1) is 5.52. The molecule has 0 saturated heterocycles. The van der Waals surface area contributed by atoms with Gasteiger partial charge in [0, 0.05) is 0 Å². The Morgan fingerprint density at radius 2 is 1.58 bits per heavy atom. The summed E-state index contributed by atoms with van der Waals surface area (Å²) in [4.78, 5) is 0. The van der Waals surface area contributed by atoms with Gasteiger partial charge in [0.1, 0.15) is 0 Å². The second-order valence-corrected chi connectivity index (χ2v) is 4.33. The summed E-state index contributed by atoms with van der Waals surface area (Å²) in [6.07, 6.45) is 0. The summed E-state index contributed by atoms with van der Waals surface area (Å²) in [5.41, 5.74) is 1.58. The summed E-state index contributed by atoms with van der Waals surface area (Å²) in [6, 6.07) is 10.5. The van der Waals surface area contributed by atoms with Gasteiger partial charge < -0.3 is 0 Å². The Bertz CT molecular complexity index is 228. The van der Waals surface area contributed by atoms with Gasteiger partial charge in [-0.3, -0.25) is 0 Å². The van der Waals surface area contributed by atoms with Crippen molar-refractivity contribution in [2.75, 3.05) is 0 Å². The van der Waals surface area contributed by atoms with Gasteiger partial charge in [0.15, 0.2) is 0 Å². The van der Waals surface area contributed by atoms with E-state index in [9.17, 15) is 0 Å². The lowest BCUT2D eigenvalue weighted by Gasteiger charge is -2.27. The fourth-order valence-corrected chi connectivity index (χ4v) is 1.19. The van der Waals surface area contributed by atoms with E-state index < -0.39 is 0 Å². The van der Waals surface area contributed by atoms with Crippen molar-refractivity contribution in [2.24, 2.45) is 5.41 Å². The quantitative estimate of drug-likeness (QED) is 0.589. The van der Waals surface area contributed by atoms with Gasteiger partial charge in [-0.25, -0.2) is 0 Å². The molecule has 1 radical (unpaired) electrons. The molecule has 0 N–H and O–H groups in total. The SMILES string of the molecule is [CH2]C(c1ccccc1)C(C)(C)C. The highest BCUT2D eigenvalue weighted by atomic mass is 14.3. The number of hydrogen-bond acceptors (Lipinski definition) is 0. The Labute approximate surface area is 75.6 Å². The molecule has 1 unspecified atom stereocenters. The Morgan fingerprint density at radius 3 is 2.00 bits per heavy atom. The van der Waals surface area contributed by atoms with Crippen LogP contribution in [-0.2, 0) is 0 Å². The van der Waals surface area contributed by atoms with Crippen LogP contribution in [0.4, 0.5) is 0 Å². The zero-order chi connectivity index (χ0) is 9.19. The Balaban J connectivity index is 2.86. The van der Waals surface area contributed by atoms with Crippen molar-refractivity contribution < 1.29 is 0 Å². The molecule has 1 rings (SSSR count). The van der Waals surface area contributed by atoms with E-state index in [0.717, 1.165) is 0 Å². The summed E-state index contributed by atoms with van der Waals surface area (Å²) >= 11 is 0. The van der Waals surface area contributed by atoms with Gasteiger partial charge in [0.2, 0.25) is 0 Å². The molecule has 0 aliphatic carbocycles. The van der Waals surface area contributed by atoms with Crippen molar-refractivity contribution in [3.05, 3.63) is 42.8 Å². The minimum Gasteiger partial charge on any atom is -0.0622 e. The minimum absolute atomic E-state index is 0.251. The van der Waals surface area contributed by atoms with Gasteiger partial charge >= 0.3 is 0 Å². The lowest BCUT2D eigenvalue weighted by atomic mass is 9.78. The first-order valence-corrected chi connectivity index (χ1v) is 4.40. The van der Waals surface area contributed by atoms with Crippen LogP contribution in [0.3, 0.4) is 0 Å². The van der Waals surface area contributed by atoms with E-state index in [1.54, 1.807) is 0 Å². The van der Waals surface area contributed by atoms with Gasteiger partial charge in [-0.2, -0.15) is 0 Å². The number of benzene rings is 1. The second-order valence-electron chi connectivity index (χ2n) is 4.33. The molecular formula is C12H17. The Kier molecular flexibility index (Phi) is 2.56. The molecule has 0 fully saturated rings. The molecule has 0 aromatic heterocycles. The number of hydrogen-bond donors (Lipinski definition) is 0. The van der Waals surface area contributed by atoms with E-state index in [0.29, 0.717) is 5.92 Å². The van der Waals surface area contributed by atoms with E-state index in [1.807, 2.05) is 6.07 Å². The monoisotopic (exact) mass is 161 g/mol. The molecule has 0 bridgehead atoms. The average Bonchev–Trinajstić information content (AvgIpc) is 2.03. The second kappa shape index (κ2) is 3.30.